The predicted octanol–water partition coefficient (Wildman–Crippen LogP) is 2.93. The van der Waals surface area contributed by atoms with Crippen LogP contribution in [0.4, 0.5) is 17.5 Å². The molecule has 3 heterocycles. The Morgan fingerprint density at radius 3 is 2.78 bits per heavy atom. The third kappa shape index (κ3) is 2.31. The first kappa shape index (κ1) is 13.1. The Labute approximate surface area is 129 Å². The van der Waals surface area contributed by atoms with Crippen molar-refractivity contribution in [3.8, 4) is 0 Å². The molecule has 0 unspecified atom stereocenters. The van der Waals surface area contributed by atoms with Gasteiger partial charge in [-0.2, -0.15) is 4.98 Å². The Hall–Kier alpha value is -3.55. The van der Waals surface area contributed by atoms with Crippen molar-refractivity contribution in [1.29, 1.82) is 0 Å². The Morgan fingerprint density at radius 1 is 1.04 bits per heavy atom. The van der Waals surface area contributed by atoms with Gasteiger partial charge in [0.05, 0.1) is 10.4 Å². The lowest BCUT2D eigenvalue weighted by Gasteiger charge is -2.02. The summed E-state index contributed by atoms with van der Waals surface area (Å²) in [6, 6.07) is 14.4. The minimum Gasteiger partial charge on any atom is -0.307 e. The Kier molecular flexibility index (Phi) is 2.87. The van der Waals surface area contributed by atoms with Crippen molar-refractivity contribution in [3.63, 3.8) is 0 Å². The van der Waals surface area contributed by atoms with E-state index in [9.17, 15) is 10.1 Å². The zero-order chi connectivity index (χ0) is 15.8. The van der Waals surface area contributed by atoms with Crippen molar-refractivity contribution >= 4 is 34.0 Å². The molecule has 112 valence electrons. The van der Waals surface area contributed by atoms with E-state index in [0.717, 1.165) is 10.9 Å². The van der Waals surface area contributed by atoms with Crippen molar-refractivity contribution in [1.82, 2.24) is 19.6 Å². The molecule has 0 amide bonds. The molecule has 0 saturated carbocycles. The van der Waals surface area contributed by atoms with Crippen LogP contribution in [-0.4, -0.2) is 24.5 Å². The van der Waals surface area contributed by atoms with Gasteiger partial charge in [-0.1, -0.05) is 18.2 Å². The van der Waals surface area contributed by atoms with E-state index in [0.29, 0.717) is 5.82 Å². The van der Waals surface area contributed by atoms with Crippen molar-refractivity contribution in [2.24, 2.45) is 0 Å². The van der Waals surface area contributed by atoms with Crippen LogP contribution in [0.15, 0.2) is 54.7 Å². The van der Waals surface area contributed by atoms with E-state index in [1.807, 2.05) is 36.4 Å². The molecular weight excluding hydrogens is 296 g/mol. The van der Waals surface area contributed by atoms with Crippen LogP contribution in [0, 0.1) is 10.1 Å². The molecule has 1 N–H and O–H groups in total. The Balaban J connectivity index is 1.74. The molecule has 1 aromatic carbocycles. The normalized spacial score (nSPS) is 11.0. The average molecular weight is 306 g/mol. The van der Waals surface area contributed by atoms with E-state index in [4.69, 9.17) is 0 Å². The smallest absolute Gasteiger partial charge is 0.307 e. The van der Waals surface area contributed by atoms with Gasteiger partial charge < -0.3 is 5.32 Å². The second-order valence-electron chi connectivity index (χ2n) is 4.87. The molecule has 4 rings (SSSR count). The summed E-state index contributed by atoms with van der Waals surface area (Å²) in [5.41, 5.74) is 0.924. The Bertz CT molecular complexity index is 1040. The van der Waals surface area contributed by atoms with Gasteiger partial charge in [0, 0.05) is 17.6 Å². The van der Waals surface area contributed by atoms with Gasteiger partial charge in [0.1, 0.15) is 5.82 Å². The number of hydrogen-bond acceptors (Lipinski definition) is 6. The van der Waals surface area contributed by atoms with Crippen LogP contribution in [0.5, 0.6) is 0 Å². The molecule has 0 spiro atoms. The SMILES string of the molecule is O=[N+]([O-])c1cccn2nc(Nc3ccc4ccccc4n3)nc12. The van der Waals surface area contributed by atoms with Gasteiger partial charge in [-0.3, -0.25) is 10.1 Å². The number of nitrogens with one attached hydrogen (secondary N) is 1. The molecule has 0 bridgehead atoms. The molecule has 4 aromatic rings. The molecule has 0 aliphatic rings. The van der Waals surface area contributed by atoms with Crippen LogP contribution < -0.4 is 5.32 Å². The highest BCUT2D eigenvalue weighted by atomic mass is 16.6. The molecule has 8 nitrogen and oxygen atoms in total. The molecule has 0 saturated heterocycles. The number of aromatic nitrogens is 4. The summed E-state index contributed by atoms with van der Waals surface area (Å²) < 4.78 is 1.36. The Morgan fingerprint density at radius 2 is 1.91 bits per heavy atom. The predicted molar refractivity (Wildman–Crippen MR) is 84.7 cm³/mol. The van der Waals surface area contributed by atoms with Crippen LogP contribution in [0.1, 0.15) is 0 Å². The first-order valence-corrected chi connectivity index (χ1v) is 6.83. The summed E-state index contributed by atoms with van der Waals surface area (Å²) in [5, 5.41) is 19.2. The molecule has 3 aromatic heterocycles. The van der Waals surface area contributed by atoms with E-state index in [1.54, 1.807) is 12.3 Å². The van der Waals surface area contributed by atoms with Gasteiger partial charge in [-0.15, -0.1) is 5.10 Å². The number of para-hydroxylation sites is 1. The third-order valence-corrected chi connectivity index (χ3v) is 3.38. The fourth-order valence-corrected chi connectivity index (χ4v) is 2.34. The number of nitrogens with zero attached hydrogens (tertiary/aromatic N) is 5. The van der Waals surface area contributed by atoms with Crippen LogP contribution in [0.25, 0.3) is 16.6 Å². The molecule has 0 aliphatic heterocycles. The monoisotopic (exact) mass is 306 g/mol. The lowest BCUT2D eigenvalue weighted by atomic mass is 10.2. The number of rotatable bonds is 3. The summed E-state index contributed by atoms with van der Waals surface area (Å²) >= 11 is 0. The highest BCUT2D eigenvalue weighted by molar-refractivity contribution is 5.80. The van der Waals surface area contributed by atoms with Crippen LogP contribution in [0.3, 0.4) is 0 Å². The molecule has 0 aliphatic carbocycles. The van der Waals surface area contributed by atoms with Crippen LogP contribution in [0.2, 0.25) is 0 Å². The molecule has 0 radical (unpaired) electrons. The van der Waals surface area contributed by atoms with E-state index in [1.165, 1.54) is 10.6 Å². The third-order valence-electron chi connectivity index (χ3n) is 3.38. The highest BCUT2D eigenvalue weighted by Crippen LogP contribution is 2.21. The maximum Gasteiger partial charge on any atom is 0.313 e. The van der Waals surface area contributed by atoms with Crippen LogP contribution in [-0.2, 0) is 0 Å². The summed E-state index contributed by atoms with van der Waals surface area (Å²) in [6.07, 6.45) is 1.61. The van der Waals surface area contributed by atoms with Gasteiger partial charge >= 0.3 is 5.69 Å². The van der Waals surface area contributed by atoms with Gasteiger partial charge in [-0.25, -0.2) is 9.50 Å². The lowest BCUT2D eigenvalue weighted by Crippen LogP contribution is -1.96. The van der Waals surface area contributed by atoms with Gasteiger partial charge in [0.25, 0.3) is 0 Å². The number of hydrogen-bond donors (Lipinski definition) is 1. The summed E-state index contributed by atoms with van der Waals surface area (Å²) in [6.45, 7) is 0. The number of fused-ring (bicyclic) bond motifs is 2. The number of benzene rings is 1. The summed E-state index contributed by atoms with van der Waals surface area (Å²) in [4.78, 5) is 19.2. The molecular formula is C15H10N6O2. The van der Waals surface area contributed by atoms with Gasteiger partial charge in [0.15, 0.2) is 0 Å². The summed E-state index contributed by atoms with van der Waals surface area (Å²) in [5.74, 6) is 0.823. The van der Waals surface area contributed by atoms with E-state index >= 15 is 0 Å². The van der Waals surface area contributed by atoms with Crippen molar-refractivity contribution in [3.05, 3.63) is 64.8 Å². The molecule has 0 fully saturated rings. The maximum atomic E-state index is 11.0. The lowest BCUT2D eigenvalue weighted by molar-refractivity contribution is -0.383. The molecule has 8 heteroatoms. The number of nitro groups is 1. The molecule has 0 atom stereocenters. The maximum absolute atomic E-state index is 11.0. The fourth-order valence-electron chi connectivity index (χ4n) is 2.34. The van der Waals surface area contributed by atoms with E-state index < -0.39 is 4.92 Å². The zero-order valence-electron chi connectivity index (χ0n) is 11.7. The first-order valence-electron chi connectivity index (χ1n) is 6.83. The minimum absolute atomic E-state index is 0.0977. The second-order valence-corrected chi connectivity index (χ2v) is 4.87. The first-order chi connectivity index (χ1) is 11.2. The quantitative estimate of drug-likeness (QED) is 0.461. The largest absolute Gasteiger partial charge is 0.313 e. The van der Waals surface area contributed by atoms with Crippen molar-refractivity contribution in [2.75, 3.05) is 5.32 Å². The van der Waals surface area contributed by atoms with Gasteiger partial charge in [0.2, 0.25) is 11.6 Å². The fraction of sp³-hybridized carbons (Fsp3) is 0. The minimum atomic E-state index is -0.484. The van der Waals surface area contributed by atoms with E-state index in [-0.39, 0.29) is 17.3 Å². The average Bonchev–Trinajstić information content (AvgIpc) is 2.96. The number of anilines is 2. The van der Waals surface area contributed by atoms with Crippen molar-refractivity contribution in [2.45, 2.75) is 0 Å². The number of pyridine rings is 2. The van der Waals surface area contributed by atoms with Gasteiger partial charge in [-0.05, 0) is 24.3 Å². The highest BCUT2D eigenvalue weighted by Gasteiger charge is 2.16. The molecule has 23 heavy (non-hydrogen) atoms. The summed E-state index contributed by atoms with van der Waals surface area (Å²) in [7, 11) is 0. The topological polar surface area (TPSA) is 98.2 Å². The van der Waals surface area contributed by atoms with Crippen molar-refractivity contribution < 1.29 is 4.92 Å². The van der Waals surface area contributed by atoms with Crippen LogP contribution >= 0.6 is 0 Å². The second kappa shape index (κ2) is 5.02. The zero-order valence-corrected chi connectivity index (χ0v) is 11.7. The standard InChI is InChI=1S/C15H10N6O2/c22-21(23)12-6-3-9-20-14(12)18-15(19-20)17-13-8-7-10-4-1-2-5-11(10)16-13/h1-9H,(H,16,17,19). The van der Waals surface area contributed by atoms with E-state index in [2.05, 4.69) is 20.4 Å².